The van der Waals surface area contributed by atoms with Crippen molar-refractivity contribution in [2.75, 3.05) is 20.3 Å². The maximum atomic E-state index is 12.0. The van der Waals surface area contributed by atoms with E-state index in [4.69, 9.17) is 9.47 Å². The Morgan fingerprint density at radius 1 is 1.34 bits per heavy atom. The lowest BCUT2D eigenvalue weighted by Crippen LogP contribution is -2.38. The number of esters is 1. The SMILES string of the molecule is CCCOc1cccc(CNC(=NC)NC(C)c2nc(C)c(C(=O)OCC)s2)c1. The maximum absolute atomic E-state index is 12.0. The Morgan fingerprint density at radius 2 is 2.14 bits per heavy atom. The number of aliphatic imine (C=N–C) groups is 1. The summed E-state index contributed by atoms with van der Waals surface area (Å²) in [6.07, 6.45) is 0.977. The molecule has 29 heavy (non-hydrogen) atoms. The Morgan fingerprint density at radius 3 is 2.83 bits per heavy atom. The minimum atomic E-state index is -0.325. The monoisotopic (exact) mass is 418 g/mol. The largest absolute Gasteiger partial charge is 0.494 e. The molecule has 1 unspecified atom stereocenters. The second-order valence-corrected chi connectivity index (χ2v) is 7.51. The van der Waals surface area contributed by atoms with Gasteiger partial charge in [-0.05, 0) is 44.9 Å². The second kappa shape index (κ2) is 11.4. The first-order chi connectivity index (χ1) is 14.0. The molecule has 0 saturated heterocycles. The van der Waals surface area contributed by atoms with Crippen LogP contribution in [0.4, 0.5) is 0 Å². The van der Waals surface area contributed by atoms with Crippen molar-refractivity contribution in [3.8, 4) is 5.75 Å². The first kappa shape index (κ1) is 22.7. The van der Waals surface area contributed by atoms with Gasteiger partial charge in [0.1, 0.15) is 15.6 Å². The van der Waals surface area contributed by atoms with Crippen LogP contribution in [0.15, 0.2) is 29.3 Å². The third kappa shape index (κ3) is 6.74. The molecule has 158 valence electrons. The topological polar surface area (TPSA) is 84.8 Å². The molecule has 0 fully saturated rings. The van der Waals surface area contributed by atoms with E-state index in [1.807, 2.05) is 38.1 Å². The molecule has 0 amide bonds. The molecule has 0 aliphatic rings. The van der Waals surface area contributed by atoms with Crippen molar-refractivity contribution in [2.24, 2.45) is 4.99 Å². The number of guanidine groups is 1. The maximum Gasteiger partial charge on any atom is 0.350 e. The molecule has 0 spiro atoms. The fourth-order valence-corrected chi connectivity index (χ4v) is 3.56. The van der Waals surface area contributed by atoms with Gasteiger partial charge >= 0.3 is 5.97 Å². The Hall–Kier alpha value is -2.61. The summed E-state index contributed by atoms with van der Waals surface area (Å²) >= 11 is 1.34. The minimum Gasteiger partial charge on any atom is -0.494 e. The molecule has 1 aromatic heterocycles. The standard InChI is InChI=1S/C21H30N4O3S/c1-6-11-28-17-10-8-9-16(12-17)13-23-21(22-5)25-15(4)19-24-14(3)18(29-19)20(26)27-7-2/h8-10,12,15H,6-7,11,13H2,1-5H3,(H2,22,23,25). The number of nitrogens with zero attached hydrogens (tertiary/aromatic N) is 2. The fraction of sp³-hybridized carbons (Fsp3) is 0.476. The van der Waals surface area contributed by atoms with Crippen LogP contribution in [-0.2, 0) is 11.3 Å². The molecule has 0 aliphatic carbocycles. The molecule has 1 atom stereocenters. The van der Waals surface area contributed by atoms with E-state index in [1.165, 1.54) is 11.3 Å². The second-order valence-electron chi connectivity index (χ2n) is 6.47. The zero-order chi connectivity index (χ0) is 21.2. The third-order valence-electron chi connectivity index (χ3n) is 4.05. The van der Waals surface area contributed by atoms with Crippen molar-refractivity contribution in [3.63, 3.8) is 0 Å². The number of aryl methyl sites for hydroxylation is 1. The summed E-state index contributed by atoms with van der Waals surface area (Å²) in [5.41, 5.74) is 1.79. The molecule has 0 aliphatic heterocycles. The van der Waals surface area contributed by atoms with Crippen molar-refractivity contribution in [3.05, 3.63) is 45.4 Å². The fourth-order valence-electron chi connectivity index (χ4n) is 2.60. The lowest BCUT2D eigenvalue weighted by atomic mass is 10.2. The molecule has 0 saturated carbocycles. The number of benzene rings is 1. The van der Waals surface area contributed by atoms with Gasteiger partial charge in [0.05, 0.1) is 24.9 Å². The van der Waals surface area contributed by atoms with Gasteiger partial charge in [-0.3, -0.25) is 4.99 Å². The summed E-state index contributed by atoms with van der Waals surface area (Å²) in [5.74, 6) is 1.20. The highest BCUT2D eigenvalue weighted by atomic mass is 32.1. The normalized spacial score (nSPS) is 12.4. The van der Waals surface area contributed by atoms with E-state index in [9.17, 15) is 4.79 Å². The average Bonchev–Trinajstić information content (AvgIpc) is 3.12. The van der Waals surface area contributed by atoms with Crippen LogP contribution < -0.4 is 15.4 Å². The lowest BCUT2D eigenvalue weighted by molar-refractivity contribution is 0.0531. The zero-order valence-electron chi connectivity index (χ0n) is 17.7. The highest BCUT2D eigenvalue weighted by Crippen LogP contribution is 2.24. The van der Waals surface area contributed by atoms with Gasteiger partial charge in [0.15, 0.2) is 5.96 Å². The number of thiazole rings is 1. The summed E-state index contributed by atoms with van der Waals surface area (Å²) in [4.78, 5) is 21.4. The molecule has 8 heteroatoms. The first-order valence-electron chi connectivity index (χ1n) is 9.81. The van der Waals surface area contributed by atoms with Gasteiger partial charge in [-0.2, -0.15) is 0 Å². The van der Waals surface area contributed by atoms with Crippen LogP contribution >= 0.6 is 11.3 Å². The Labute approximate surface area is 176 Å². The van der Waals surface area contributed by atoms with Crippen LogP contribution in [0, 0.1) is 6.92 Å². The van der Waals surface area contributed by atoms with Crippen LogP contribution in [0.5, 0.6) is 5.75 Å². The van der Waals surface area contributed by atoms with E-state index in [0.717, 1.165) is 22.7 Å². The number of carbonyl (C=O) groups excluding carboxylic acids is 1. The predicted molar refractivity (Wildman–Crippen MR) is 117 cm³/mol. The van der Waals surface area contributed by atoms with Gasteiger partial charge in [-0.1, -0.05) is 19.1 Å². The van der Waals surface area contributed by atoms with E-state index >= 15 is 0 Å². The van der Waals surface area contributed by atoms with Gasteiger partial charge in [-0.15, -0.1) is 11.3 Å². The number of carbonyl (C=O) groups is 1. The van der Waals surface area contributed by atoms with Crippen molar-refractivity contribution in [2.45, 2.75) is 46.7 Å². The van der Waals surface area contributed by atoms with E-state index < -0.39 is 0 Å². The Balaban J connectivity index is 1.96. The number of hydrogen-bond donors (Lipinski definition) is 2. The van der Waals surface area contributed by atoms with E-state index in [-0.39, 0.29) is 12.0 Å². The summed E-state index contributed by atoms with van der Waals surface area (Å²) in [6.45, 7) is 9.35. The minimum absolute atomic E-state index is 0.104. The number of ether oxygens (including phenoxy) is 2. The van der Waals surface area contributed by atoms with Gasteiger partial charge in [0, 0.05) is 13.6 Å². The number of nitrogens with one attached hydrogen (secondary N) is 2. The van der Waals surface area contributed by atoms with E-state index in [0.29, 0.717) is 36.3 Å². The first-order valence-corrected chi connectivity index (χ1v) is 10.6. The quantitative estimate of drug-likeness (QED) is 0.366. The van der Waals surface area contributed by atoms with Crippen LogP contribution in [0.1, 0.15) is 59.2 Å². The lowest BCUT2D eigenvalue weighted by Gasteiger charge is -2.16. The number of rotatable bonds is 9. The molecular weight excluding hydrogens is 388 g/mol. The van der Waals surface area contributed by atoms with Crippen molar-refractivity contribution in [1.82, 2.24) is 15.6 Å². The van der Waals surface area contributed by atoms with E-state index in [2.05, 4.69) is 27.5 Å². The Kier molecular flexibility index (Phi) is 8.92. The van der Waals surface area contributed by atoms with Crippen LogP contribution in [0.25, 0.3) is 0 Å². The zero-order valence-corrected chi connectivity index (χ0v) is 18.6. The highest BCUT2D eigenvalue weighted by Gasteiger charge is 2.20. The third-order valence-corrected chi connectivity index (χ3v) is 5.37. The summed E-state index contributed by atoms with van der Waals surface area (Å²) in [5, 5.41) is 7.43. The average molecular weight is 419 g/mol. The molecule has 0 radical (unpaired) electrons. The van der Waals surface area contributed by atoms with Crippen LogP contribution in [0.3, 0.4) is 0 Å². The summed E-state index contributed by atoms with van der Waals surface area (Å²) < 4.78 is 10.8. The molecular formula is C21H30N4O3S. The van der Waals surface area contributed by atoms with Crippen molar-refractivity contribution < 1.29 is 14.3 Å². The van der Waals surface area contributed by atoms with Crippen LogP contribution in [0.2, 0.25) is 0 Å². The van der Waals surface area contributed by atoms with Crippen LogP contribution in [-0.4, -0.2) is 37.2 Å². The summed E-state index contributed by atoms with van der Waals surface area (Å²) in [7, 11) is 1.72. The number of aromatic nitrogens is 1. The predicted octanol–water partition coefficient (Wildman–Crippen LogP) is 3.84. The molecule has 2 N–H and O–H groups in total. The molecule has 1 heterocycles. The summed E-state index contributed by atoms with van der Waals surface area (Å²) in [6, 6.07) is 7.90. The molecule has 2 aromatic rings. The molecule has 0 bridgehead atoms. The van der Waals surface area contributed by atoms with Gasteiger partial charge in [0.2, 0.25) is 0 Å². The van der Waals surface area contributed by atoms with Crippen molar-refractivity contribution >= 4 is 23.3 Å². The van der Waals surface area contributed by atoms with Gasteiger partial charge in [-0.25, -0.2) is 9.78 Å². The number of hydrogen-bond acceptors (Lipinski definition) is 6. The molecule has 1 aromatic carbocycles. The smallest absolute Gasteiger partial charge is 0.350 e. The highest BCUT2D eigenvalue weighted by molar-refractivity contribution is 7.13. The van der Waals surface area contributed by atoms with Crippen molar-refractivity contribution in [1.29, 1.82) is 0 Å². The van der Waals surface area contributed by atoms with Gasteiger partial charge in [0.25, 0.3) is 0 Å². The van der Waals surface area contributed by atoms with Gasteiger partial charge < -0.3 is 20.1 Å². The Bertz CT molecular complexity index is 835. The van der Waals surface area contributed by atoms with E-state index in [1.54, 1.807) is 14.0 Å². The molecule has 2 rings (SSSR count). The molecule has 7 nitrogen and oxygen atoms in total.